The molecule has 0 heterocycles. The maximum Gasteiger partial charge on any atom is 0.125 e. The van der Waals surface area contributed by atoms with Crippen LogP contribution in [0.4, 0.5) is 15.8 Å². The van der Waals surface area contributed by atoms with Crippen molar-refractivity contribution in [2.24, 2.45) is 0 Å². The van der Waals surface area contributed by atoms with Crippen LogP contribution in [-0.2, 0) is 0 Å². The second-order valence-electron chi connectivity index (χ2n) is 3.23. The lowest BCUT2D eigenvalue weighted by atomic mass is 10.2. The Bertz CT molecular complexity index is 304. The molecular formula is C10H15FN2S. The van der Waals surface area contributed by atoms with Gasteiger partial charge in [-0.3, -0.25) is 0 Å². The number of hydrogen-bond donors (Lipinski definition) is 2. The summed E-state index contributed by atoms with van der Waals surface area (Å²) in [6.45, 7) is 2.04. The summed E-state index contributed by atoms with van der Waals surface area (Å²) in [5.74, 6) is 0.703. The van der Waals surface area contributed by atoms with Crippen LogP contribution >= 0.6 is 11.8 Å². The highest BCUT2D eigenvalue weighted by Gasteiger charge is 2.04. The Morgan fingerprint density at radius 3 is 2.93 bits per heavy atom. The molecule has 0 fully saturated rings. The van der Waals surface area contributed by atoms with E-state index in [9.17, 15) is 4.39 Å². The number of nitrogens with one attached hydrogen (secondary N) is 1. The maximum atomic E-state index is 12.9. The van der Waals surface area contributed by atoms with Gasteiger partial charge in [0.05, 0.1) is 11.4 Å². The van der Waals surface area contributed by atoms with Gasteiger partial charge in [-0.2, -0.15) is 11.8 Å². The minimum atomic E-state index is -0.266. The lowest BCUT2D eigenvalue weighted by Gasteiger charge is -2.15. The van der Waals surface area contributed by atoms with Crippen molar-refractivity contribution in [2.75, 3.05) is 23.1 Å². The average Bonchev–Trinajstić information content (AvgIpc) is 2.12. The van der Waals surface area contributed by atoms with Gasteiger partial charge in [-0.05, 0) is 31.4 Å². The Hall–Kier alpha value is -0.900. The highest BCUT2D eigenvalue weighted by atomic mass is 32.2. The largest absolute Gasteiger partial charge is 0.397 e. The number of thioether (sulfide) groups is 1. The van der Waals surface area contributed by atoms with Crippen LogP contribution in [0.5, 0.6) is 0 Å². The van der Waals surface area contributed by atoms with Crippen molar-refractivity contribution >= 4 is 23.1 Å². The van der Waals surface area contributed by atoms with Gasteiger partial charge in [-0.1, -0.05) is 0 Å². The van der Waals surface area contributed by atoms with Crippen molar-refractivity contribution in [3.63, 3.8) is 0 Å². The molecule has 0 aliphatic carbocycles. The van der Waals surface area contributed by atoms with Gasteiger partial charge in [-0.15, -0.1) is 0 Å². The molecule has 0 bridgehead atoms. The molecule has 0 saturated carbocycles. The molecule has 0 radical (unpaired) electrons. The van der Waals surface area contributed by atoms with Crippen molar-refractivity contribution in [1.82, 2.24) is 0 Å². The van der Waals surface area contributed by atoms with E-state index < -0.39 is 0 Å². The lowest BCUT2D eigenvalue weighted by molar-refractivity contribution is 0.628. The third-order valence-corrected chi connectivity index (χ3v) is 2.67. The molecular weight excluding hydrogens is 199 g/mol. The van der Waals surface area contributed by atoms with E-state index in [1.54, 1.807) is 17.8 Å². The van der Waals surface area contributed by atoms with Crippen LogP contribution in [0.2, 0.25) is 0 Å². The number of halogens is 1. The van der Waals surface area contributed by atoms with Crippen LogP contribution in [0.25, 0.3) is 0 Å². The molecule has 0 amide bonds. The number of benzene rings is 1. The molecule has 0 spiro atoms. The predicted molar refractivity (Wildman–Crippen MR) is 62.3 cm³/mol. The Kier molecular flexibility index (Phi) is 4.07. The highest BCUT2D eigenvalue weighted by Crippen LogP contribution is 2.20. The fourth-order valence-electron chi connectivity index (χ4n) is 1.21. The van der Waals surface area contributed by atoms with E-state index in [-0.39, 0.29) is 11.9 Å². The molecule has 1 rings (SSSR count). The highest BCUT2D eigenvalue weighted by molar-refractivity contribution is 7.98. The summed E-state index contributed by atoms with van der Waals surface area (Å²) >= 11 is 1.74. The van der Waals surface area contributed by atoms with Gasteiger partial charge in [0.15, 0.2) is 0 Å². The number of hydrogen-bond acceptors (Lipinski definition) is 3. The van der Waals surface area contributed by atoms with Crippen LogP contribution in [0.15, 0.2) is 18.2 Å². The SMILES string of the molecule is CSCC(C)Nc1cc(F)ccc1N. The summed E-state index contributed by atoms with van der Waals surface area (Å²) in [6.07, 6.45) is 2.03. The minimum absolute atomic E-state index is 0.266. The molecule has 0 saturated heterocycles. The van der Waals surface area contributed by atoms with Crippen molar-refractivity contribution in [2.45, 2.75) is 13.0 Å². The Morgan fingerprint density at radius 2 is 2.29 bits per heavy atom. The summed E-state index contributed by atoms with van der Waals surface area (Å²) in [6, 6.07) is 4.64. The Labute approximate surface area is 88.1 Å². The van der Waals surface area contributed by atoms with Crippen molar-refractivity contribution in [3.8, 4) is 0 Å². The maximum absolute atomic E-state index is 12.9. The van der Waals surface area contributed by atoms with Gasteiger partial charge >= 0.3 is 0 Å². The van der Waals surface area contributed by atoms with E-state index in [4.69, 9.17) is 5.73 Å². The molecule has 1 aromatic carbocycles. The first-order chi connectivity index (χ1) is 6.63. The fraction of sp³-hybridized carbons (Fsp3) is 0.400. The van der Waals surface area contributed by atoms with Crippen molar-refractivity contribution in [3.05, 3.63) is 24.0 Å². The quantitative estimate of drug-likeness (QED) is 0.756. The number of rotatable bonds is 4. The van der Waals surface area contributed by atoms with E-state index >= 15 is 0 Å². The standard InChI is InChI=1S/C10H15FN2S/c1-7(6-14-2)13-10-5-8(11)3-4-9(10)12/h3-5,7,13H,6,12H2,1-2H3. The first-order valence-electron chi connectivity index (χ1n) is 4.44. The van der Waals surface area contributed by atoms with Gasteiger partial charge in [0.25, 0.3) is 0 Å². The third kappa shape index (κ3) is 3.10. The molecule has 1 aromatic rings. The van der Waals surface area contributed by atoms with Crippen LogP contribution < -0.4 is 11.1 Å². The van der Waals surface area contributed by atoms with E-state index in [1.807, 2.05) is 13.2 Å². The molecule has 0 aliphatic heterocycles. The second kappa shape index (κ2) is 5.10. The molecule has 14 heavy (non-hydrogen) atoms. The summed E-state index contributed by atoms with van der Waals surface area (Å²) in [5.41, 5.74) is 6.95. The van der Waals surface area contributed by atoms with Crippen LogP contribution in [0, 0.1) is 5.82 Å². The van der Waals surface area contributed by atoms with Gasteiger partial charge < -0.3 is 11.1 Å². The van der Waals surface area contributed by atoms with Gasteiger partial charge in [0, 0.05) is 11.8 Å². The predicted octanol–water partition coefficient (Wildman–Crippen LogP) is 2.57. The first-order valence-corrected chi connectivity index (χ1v) is 5.83. The molecule has 1 unspecified atom stereocenters. The van der Waals surface area contributed by atoms with E-state index in [1.165, 1.54) is 12.1 Å². The van der Waals surface area contributed by atoms with Crippen LogP contribution in [0.1, 0.15) is 6.92 Å². The summed E-state index contributed by atoms with van der Waals surface area (Å²) < 4.78 is 12.9. The molecule has 0 aliphatic rings. The number of anilines is 2. The van der Waals surface area contributed by atoms with E-state index in [0.29, 0.717) is 11.4 Å². The average molecular weight is 214 g/mol. The summed E-state index contributed by atoms with van der Waals surface area (Å²) in [7, 11) is 0. The smallest absolute Gasteiger partial charge is 0.125 e. The van der Waals surface area contributed by atoms with Gasteiger partial charge in [-0.25, -0.2) is 4.39 Å². The molecule has 1 atom stereocenters. The zero-order chi connectivity index (χ0) is 10.6. The zero-order valence-corrected chi connectivity index (χ0v) is 9.20. The van der Waals surface area contributed by atoms with E-state index in [0.717, 1.165) is 5.75 Å². The molecule has 3 N–H and O–H groups in total. The fourth-order valence-corrected chi connectivity index (χ4v) is 1.79. The monoisotopic (exact) mass is 214 g/mol. The summed E-state index contributed by atoms with van der Waals surface area (Å²) in [5, 5.41) is 3.17. The molecule has 0 aromatic heterocycles. The molecule has 4 heteroatoms. The molecule has 78 valence electrons. The van der Waals surface area contributed by atoms with Crippen molar-refractivity contribution < 1.29 is 4.39 Å². The Morgan fingerprint density at radius 1 is 1.57 bits per heavy atom. The lowest BCUT2D eigenvalue weighted by Crippen LogP contribution is -2.18. The third-order valence-electron chi connectivity index (χ3n) is 1.83. The Balaban J connectivity index is 2.70. The normalized spacial score (nSPS) is 12.5. The zero-order valence-electron chi connectivity index (χ0n) is 8.38. The van der Waals surface area contributed by atoms with Gasteiger partial charge in [0.1, 0.15) is 5.82 Å². The first kappa shape index (κ1) is 11.2. The molecule has 2 nitrogen and oxygen atoms in total. The number of nitrogen functional groups attached to an aromatic ring is 1. The van der Waals surface area contributed by atoms with E-state index in [2.05, 4.69) is 5.32 Å². The number of nitrogens with two attached hydrogens (primary N) is 1. The minimum Gasteiger partial charge on any atom is -0.397 e. The van der Waals surface area contributed by atoms with Crippen LogP contribution in [0.3, 0.4) is 0 Å². The second-order valence-corrected chi connectivity index (χ2v) is 4.14. The van der Waals surface area contributed by atoms with Crippen molar-refractivity contribution in [1.29, 1.82) is 0 Å². The summed E-state index contributed by atoms with van der Waals surface area (Å²) in [4.78, 5) is 0. The van der Waals surface area contributed by atoms with Crippen LogP contribution in [-0.4, -0.2) is 18.1 Å². The van der Waals surface area contributed by atoms with Gasteiger partial charge in [0.2, 0.25) is 0 Å². The topological polar surface area (TPSA) is 38.0 Å².